The molecule has 2 fully saturated rings. The number of nitrogens with zero attached hydrogens (tertiary/aromatic N) is 4. The molecule has 146 valence electrons. The fraction of sp³-hybridized carbons (Fsp3) is 0.810. The molecule has 1 aromatic heterocycles. The summed E-state index contributed by atoms with van der Waals surface area (Å²) in [4.78, 5) is 15.9. The molecule has 5 heteroatoms. The van der Waals surface area contributed by atoms with Crippen LogP contribution in [0.25, 0.3) is 0 Å². The summed E-state index contributed by atoms with van der Waals surface area (Å²) >= 11 is 0. The molecule has 5 nitrogen and oxygen atoms in total. The summed E-state index contributed by atoms with van der Waals surface area (Å²) in [7, 11) is 6.18. The Labute approximate surface area is 158 Å². The SMILES string of the molecule is CC(=O)N(C)Cc1cc(C2CCC(CN(C)C3CCCC3)CC2)nn1C. The minimum absolute atomic E-state index is 0.0969. The van der Waals surface area contributed by atoms with Gasteiger partial charge in [-0.3, -0.25) is 9.48 Å². The molecular weight excluding hydrogens is 324 g/mol. The van der Waals surface area contributed by atoms with Crippen molar-refractivity contribution in [2.24, 2.45) is 13.0 Å². The molecule has 1 amide bonds. The molecule has 0 aromatic carbocycles. The van der Waals surface area contributed by atoms with Gasteiger partial charge in [0, 0.05) is 39.5 Å². The highest BCUT2D eigenvalue weighted by atomic mass is 16.2. The van der Waals surface area contributed by atoms with Gasteiger partial charge in [0.05, 0.1) is 17.9 Å². The second kappa shape index (κ2) is 8.55. The first-order chi connectivity index (χ1) is 12.4. The highest BCUT2D eigenvalue weighted by Gasteiger charge is 2.27. The topological polar surface area (TPSA) is 41.4 Å². The Morgan fingerprint density at radius 2 is 1.81 bits per heavy atom. The van der Waals surface area contributed by atoms with E-state index in [1.165, 1.54) is 63.6 Å². The van der Waals surface area contributed by atoms with Gasteiger partial charge in [-0.05, 0) is 57.6 Å². The van der Waals surface area contributed by atoms with Crippen LogP contribution in [0.4, 0.5) is 0 Å². The van der Waals surface area contributed by atoms with Crippen molar-refractivity contribution < 1.29 is 4.79 Å². The smallest absolute Gasteiger partial charge is 0.219 e. The van der Waals surface area contributed by atoms with Gasteiger partial charge in [0.25, 0.3) is 0 Å². The standard InChI is InChI=1S/C21H36N4O/c1-16(26)23(2)15-20-13-21(22-25(20)4)18-11-9-17(10-12-18)14-24(3)19-7-5-6-8-19/h13,17-19H,5-12,14-15H2,1-4H3. The molecule has 1 heterocycles. The van der Waals surface area contributed by atoms with Crippen LogP contribution in [0.3, 0.4) is 0 Å². The van der Waals surface area contributed by atoms with Crippen molar-refractivity contribution in [1.29, 1.82) is 0 Å². The van der Waals surface area contributed by atoms with Gasteiger partial charge in [-0.1, -0.05) is 12.8 Å². The van der Waals surface area contributed by atoms with Crippen LogP contribution in [-0.2, 0) is 18.4 Å². The van der Waals surface area contributed by atoms with Crippen LogP contribution < -0.4 is 0 Å². The highest BCUT2D eigenvalue weighted by molar-refractivity contribution is 5.72. The number of carbonyl (C=O) groups excluding carboxylic acids is 1. The van der Waals surface area contributed by atoms with Crippen LogP contribution in [0.5, 0.6) is 0 Å². The molecule has 0 aliphatic heterocycles. The number of hydrogen-bond donors (Lipinski definition) is 0. The first kappa shape index (κ1) is 19.4. The van der Waals surface area contributed by atoms with Gasteiger partial charge in [-0.2, -0.15) is 5.10 Å². The van der Waals surface area contributed by atoms with Gasteiger partial charge in [-0.15, -0.1) is 0 Å². The fourth-order valence-electron chi connectivity index (χ4n) is 4.77. The maximum atomic E-state index is 11.5. The van der Waals surface area contributed by atoms with Gasteiger partial charge in [0.1, 0.15) is 0 Å². The van der Waals surface area contributed by atoms with Crippen molar-refractivity contribution in [3.63, 3.8) is 0 Å². The quantitative estimate of drug-likeness (QED) is 0.779. The third kappa shape index (κ3) is 4.67. The molecule has 2 saturated carbocycles. The lowest BCUT2D eigenvalue weighted by molar-refractivity contribution is -0.128. The van der Waals surface area contributed by atoms with E-state index in [4.69, 9.17) is 5.10 Å². The molecule has 2 aliphatic rings. The Hall–Kier alpha value is -1.36. The maximum Gasteiger partial charge on any atom is 0.219 e. The van der Waals surface area contributed by atoms with Crippen molar-refractivity contribution in [3.05, 3.63) is 17.5 Å². The molecule has 2 aliphatic carbocycles. The van der Waals surface area contributed by atoms with Gasteiger partial charge < -0.3 is 9.80 Å². The average Bonchev–Trinajstić information content (AvgIpc) is 3.26. The highest BCUT2D eigenvalue weighted by Crippen LogP contribution is 2.36. The normalized spacial score (nSPS) is 24.3. The average molecular weight is 361 g/mol. The summed E-state index contributed by atoms with van der Waals surface area (Å²) in [5, 5.41) is 4.76. The number of carbonyl (C=O) groups is 1. The fourth-order valence-corrected chi connectivity index (χ4v) is 4.77. The van der Waals surface area contributed by atoms with Gasteiger partial charge in [0.2, 0.25) is 5.91 Å². The predicted molar refractivity (Wildman–Crippen MR) is 105 cm³/mol. The van der Waals surface area contributed by atoms with Crippen molar-refractivity contribution in [2.45, 2.75) is 76.8 Å². The lowest BCUT2D eigenvalue weighted by atomic mass is 9.80. The van der Waals surface area contributed by atoms with E-state index in [-0.39, 0.29) is 5.91 Å². The Bertz CT molecular complexity index is 597. The molecule has 0 bridgehead atoms. The largest absolute Gasteiger partial charge is 0.340 e. The molecule has 0 spiro atoms. The van der Waals surface area contributed by atoms with Crippen molar-refractivity contribution in [2.75, 3.05) is 20.6 Å². The summed E-state index contributed by atoms with van der Waals surface area (Å²) in [5.74, 6) is 1.54. The van der Waals surface area contributed by atoms with Crippen LogP contribution in [0.1, 0.15) is 75.6 Å². The minimum Gasteiger partial charge on any atom is -0.340 e. The van der Waals surface area contributed by atoms with E-state index >= 15 is 0 Å². The summed E-state index contributed by atoms with van der Waals surface area (Å²) < 4.78 is 1.95. The van der Waals surface area contributed by atoms with Crippen molar-refractivity contribution in [1.82, 2.24) is 19.6 Å². The van der Waals surface area contributed by atoms with Crippen molar-refractivity contribution in [3.8, 4) is 0 Å². The molecular formula is C21H36N4O. The van der Waals surface area contributed by atoms with Crippen LogP contribution in [-0.4, -0.2) is 52.2 Å². The monoisotopic (exact) mass is 360 g/mol. The van der Waals surface area contributed by atoms with Gasteiger partial charge >= 0.3 is 0 Å². The lowest BCUT2D eigenvalue weighted by Crippen LogP contribution is -2.35. The molecule has 0 N–H and O–H groups in total. The van der Waals surface area contributed by atoms with E-state index in [0.29, 0.717) is 12.5 Å². The van der Waals surface area contributed by atoms with E-state index < -0.39 is 0 Å². The lowest BCUT2D eigenvalue weighted by Gasteiger charge is -2.33. The molecule has 0 saturated heterocycles. The zero-order valence-corrected chi connectivity index (χ0v) is 17.1. The van der Waals surface area contributed by atoms with Gasteiger partial charge in [0.15, 0.2) is 0 Å². The van der Waals surface area contributed by atoms with Crippen LogP contribution in [0, 0.1) is 5.92 Å². The molecule has 0 radical (unpaired) electrons. The Kier molecular flexibility index (Phi) is 6.38. The van der Waals surface area contributed by atoms with E-state index in [1.807, 2.05) is 18.8 Å². The number of aromatic nitrogens is 2. The Balaban J connectivity index is 1.50. The second-order valence-corrected chi connectivity index (χ2v) is 8.65. The van der Waals surface area contributed by atoms with E-state index in [9.17, 15) is 4.79 Å². The summed E-state index contributed by atoms with van der Waals surface area (Å²) in [6, 6.07) is 3.05. The maximum absolute atomic E-state index is 11.5. The van der Waals surface area contributed by atoms with Crippen LogP contribution in [0.2, 0.25) is 0 Å². The summed E-state index contributed by atoms with van der Waals surface area (Å²) in [6.07, 6.45) is 10.8. The molecule has 0 atom stereocenters. The molecule has 0 unspecified atom stereocenters. The van der Waals surface area contributed by atoms with E-state index in [2.05, 4.69) is 18.0 Å². The number of amides is 1. The first-order valence-corrected chi connectivity index (χ1v) is 10.4. The number of rotatable bonds is 6. The third-order valence-electron chi connectivity index (χ3n) is 6.69. The van der Waals surface area contributed by atoms with Gasteiger partial charge in [-0.25, -0.2) is 0 Å². The Morgan fingerprint density at radius 3 is 2.42 bits per heavy atom. The van der Waals surface area contributed by atoms with E-state index in [0.717, 1.165) is 17.7 Å². The zero-order chi connectivity index (χ0) is 18.7. The zero-order valence-electron chi connectivity index (χ0n) is 17.1. The predicted octanol–water partition coefficient (Wildman–Crippen LogP) is 3.55. The molecule has 1 aromatic rings. The van der Waals surface area contributed by atoms with E-state index in [1.54, 1.807) is 11.8 Å². The second-order valence-electron chi connectivity index (χ2n) is 8.65. The molecule has 26 heavy (non-hydrogen) atoms. The summed E-state index contributed by atoms with van der Waals surface area (Å²) in [5.41, 5.74) is 2.35. The summed E-state index contributed by atoms with van der Waals surface area (Å²) in [6.45, 7) is 3.52. The van der Waals surface area contributed by atoms with Crippen LogP contribution >= 0.6 is 0 Å². The van der Waals surface area contributed by atoms with Crippen molar-refractivity contribution >= 4 is 5.91 Å². The number of hydrogen-bond acceptors (Lipinski definition) is 3. The number of aryl methyl sites for hydroxylation is 1. The first-order valence-electron chi connectivity index (χ1n) is 10.4. The third-order valence-corrected chi connectivity index (χ3v) is 6.69. The van der Waals surface area contributed by atoms with Crippen LogP contribution in [0.15, 0.2) is 6.07 Å². The molecule has 3 rings (SSSR count). The Morgan fingerprint density at radius 1 is 1.15 bits per heavy atom. The minimum atomic E-state index is 0.0969.